The zero-order valence-corrected chi connectivity index (χ0v) is 16.8. The van der Waals surface area contributed by atoms with E-state index in [1.54, 1.807) is 12.1 Å². The molecule has 3 heterocycles. The molecular formula is C20H16FN3O2S2. The van der Waals surface area contributed by atoms with Crippen LogP contribution in [-0.4, -0.2) is 15.9 Å². The number of aryl methyl sites for hydroxylation is 2. The molecule has 0 spiro atoms. The molecule has 28 heavy (non-hydrogen) atoms. The summed E-state index contributed by atoms with van der Waals surface area (Å²) in [5.41, 5.74) is 2.23. The molecule has 5 nitrogen and oxygen atoms in total. The maximum Gasteiger partial charge on any atom is 0.232 e. The average Bonchev–Trinajstić information content (AvgIpc) is 3.36. The van der Waals surface area contributed by atoms with Gasteiger partial charge in [-0.05, 0) is 50.2 Å². The van der Waals surface area contributed by atoms with Crippen molar-refractivity contribution in [3.8, 4) is 22.0 Å². The summed E-state index contributed by atoms with van der Waals surface area (Å²) in [6.45, 7) is 3.80. The number of rotatable bonds is 5. The number of thiazole rings is 2. The largest absolute Gasteiger partial charge is 0.459 e. The number of carbonyl (C=O) groups is 1. The molecule has 1 N–H and O–H groups in total. The van der Waals surface area contributed by atoms with Gasteiger partial charge in [-0.15, -0.1) is 22.7 Å². The molecule has 0 bridgehead atoms. The zero-order chi connectivity index (χ0) is 19.7. The van der Waals surface area contributed by atoms with E-state index in [1.807, 2.05) is 31.4 Å². The maximum absolute atomic E-state index is 13.1. The number of hydrogen-bond donors (Lipinski definition) is 1. The maximum atomic E-state index is 13.1. The van der Waals surface area contributed by atoms with Gasteiger partial charge in [0, 0.05) is 15.8 Å². The monoisotopic (exact) mass is 413 g/mol. The number of halogens is 1. The molecule has 0 aliphatic heterocycles. The minimum absolute atomic E-state index is 0.153. The van der Waals surface area contributed by atoms with Crippen LogP contribution in [0.3, 0.4) is 0 Å². The Labute approximate surface area is 168 Å². The van der Waals surface area contributed by atoms with Gasteiger partial charge in [-0.25, -0.2) is 14.4 Å². The minimum Gasteiger partial charge on any atom is -0.459 e. The second-order valence-corrected chi connectivity index (χ2v) is 8.27. The van der Waals surface area contributed by atoms with Crippen molar-refractivity contribution in [2.75, 3.05) is 5.32 Å². The van der Waals surface area contributed by atoms with Gasteiger partial charge in [-0.3, -0.25) is 4.79 Å². The third-order valence-electron chi connectivity index (χ3n) is 4.01. The number of amides is 1. The fraction of sp³-hybridized carbons (Fsp3) is 0.150. The summed E-state index contributed by atoms with van der Waals surface area (Å²) in [7, 11) is 0. The van der Waals surface area contributed by atoms with Crippen LogP contribution in [-0.2, 0) is 11.2 Å². The van der Waals surface area contributed by atoms with Crippen molar-refractivity contribution < 1.29 is 13.6 Å². The Morgan fingerprint density at radius 2 is 1.93 bits per heavy atom. The second kappa shape index (κ2) is 7.65. The first-order valence-corrected chi connectivity index (χ1v) is 10.2. The molecule has 142 valence electrons. The SMILES string of the molecule is Cc1ccc(-c2nc(CC(=O)Nc3nc(-c4ccc(F)cc4)c(C)s3)cs2)o1. The van der Waals surface area contributed by atoms with Gasteiger partial charge in [0.25, 0.3) is 0 Å². The molecule has 1 amide bonds. The third-order valence-corrected chi connectivity index (χ3v) is 5.80. The van der Waals surface area contributed by atoms with Crippen molar-refractivity contribution in [1.82, 2.24) is 9.97 Å². The standard InChI is InChI=1S/C20H16FN3O2S2/c1-11-3-8-16(26-11)19-22-15(10-27-19)9-17(25)23-20-24-18(12(2)28-20)13-4-6-14(21)7-5-13/h3-8,10H,9H2,1-2H3,(H,23,24,25). The van der Waals surface area contributed by atoms with Crippen LogP contribution in [0.2, 0.25) is 0 Å². The van der Waals surface area contributed by atoms with Crippen LogP contribution in [0, 0.1) is 19.7 Å². The predicted octanol–water partition coefficient (Wildman–Crippen LogP) is 5.46. The Hall–Kier alpha value is -2.84. The topological polar surface area (TPSA) is 68.0 Å². The lowest BCUT2D eigenvalue weighted by atomic mass is 10.1. The Bertz CT molecular complexity index is 1130. The number of carbonyl (C=O) groups excluding carboxylic acids is 1. The Morgan fingerprint density at radius 1 is 1.14 bits per heavy atom. The highest BCUT2D eigenvalue weighted by atomic mass is 32.1. The van der Waals surface area contributed by atoms with Gasteiger partial charge in [0.2, 0.25) is 5.91 Å². The van der Waals surface area contributed by atoms with Crippen LogP contribution in [0.4, 0.5) is 9.52 Å². The van der Waals surface area contributed by atoms with E-state index in [0.29, 0.717) is 16.6 Å². The number of hydrogen-bond acceptors (Lipinski definition) is 6. The van der Waals surface area contributed by atoms with Crippen LogP contribution in [0.1, 0.15) is 16.3 Å². The van der Waals surface area contributed by atoms with Crippen molar-refractivity contribution in [3.63, 3.8) is 0 Å². The summed E-state index contributed by atoms with van der Waals surface area (Å²) in [6.07, 6.45) is 0.153. The molecular weight excluding hydrogens is 397 g/mol. The summed E-state index contributed by atoms with van der Waals surface area (Å²) in [5, 5.41) is 5.94. The predicted molar refractivity (Wildman–Crippen MR) is 109 cm³/mol. The Balaban J connectivity index is 1.44. The van der Waals surface area contributed by atoms with Gasteiger partial charge in [-0.1, -0.05) is 0 Å². The third kappa shape index (κ3) is 4.02. The second-order valence-electron chi connectivity index (χ2n) is 6.21. The van der Waals surface area contributed by atoms with E-state index in [9.17, 15) is 9.18 Å². The summed E-state index contributed by atoms with van der Waals surface area (Å²) in [5.74, 6) is 1.04. The van der Waals surface area contributed by atoms with E-state index in [-0.39, 0.29) is 18.1 Å². The molecule has 0 aliphatic carbocycles. The van der Waals surface area contributed by atoms with Crippen LogP contribution in [0.5, 0.6) is 0 Å². The molecule has 0 fully saturated rings. The van der Waals surface area contributed by atoms with Crippen molar-refractivity contribution in [2.45, 2.75) is 20.3 Å². The van der Waals surface area contributed by atoms with E-state index in [2.05, 4.69) is 15.3 Å². The minimum atomic E-state index is -0.294. The zero-order valence-electron chi connectivity index (χ0n) is 15.2. The molecule has 0 aliphatic rings. The van der Waals surface area contributed by atoms with Gasteiger partial charge in [-0.2, -0.15) is 0 Å². The first kappa shape index (κ1) is 18.5. The number of nitrogens with one attached hydrogen (secondary N) is 1. The Morgan fingerprint density at radius 3 is 2.64 bits per heavy atom. The molecule has 0 radical (unpaired) electrons. The summed E-state index contributed by atoms with van der Waals surface area (Å²) in [6, 6.07) is 9.89. The highest BCUT2D eigenvalue weighted by Crippen LogP contribution is 2.31. The lowest BCUT2D eigenvalue weighted by Gasteiger charge is -2.00. The van der Waals surface area contributed by atoms with Crippen molar-refractivity contribution in [1.29, 1.82) is 0 Å². The van der Waals surface area contributed by atoms with Gasteiger partial charge < -0.3 is 9.73 Å². The molecule has 0 unspecified atom stereocenters. The molecule has 1 aromatic carbocycles. The van der Waals surface area contributed by atoms with E-state index in [0.717, 1.165) is 26.9 Å². The number of anilines is 1. The quantitative estimate of drug-likeness (QED) is 0.471. The fourth-order valence-corrected chi connectivity index (χ4v) is 4.34. The first-order chi connectivity index (χ1) is 13.5. The number of aromatic nitrogens is 2. The first-order valence-electron chi connectivity index (χ1n) is 8.52. The van der Waals surface area contributed by atoms with Gasteiger partial charge >= 0.3 is 0 Å². The molecule has 0 atom stereocenters. The fourth-order valence-electron chi connectivity index (χ4n) is 2.70. The molecule has 3 aromatic heterocycles. The van der Waals surface area contributed by atoms with E-state index < -0.39 is 0 Å². The number of nitrogens with zero attached hydrogens (tertiary/aromatic N) is 2. The van der Waals surface area contributed by atoms with E-state index in [4.69, 9.17) is 4.42 Å². The van der Waals surface area contributed by atoms with Crippen molar-refractivity contribution in [3.05, 3.63) is 63.9 Å². The highest BCUT2D eigenvalue weighted by Gasteiger charge is 2.15. The summed E-state index contributed by atoms with van der Waals surface area (Å²) < 4.78 is 18.7. The molecule has 0 saturated heterocycles. The van der Waals surface area contributed by atoms with Crippen LogP contribution in [0.15, 0.2) is 46.2 Å². The van der Waals surface area contributed by atoms with Crippen LogP contribution in [0.25, 0.3) is 22.0 Å². The van der Waals surface area contributed by atoms with Gasteiger partial charge in [0.05, 0.1) is 17.8 Å². The van der Waals surface area contributed by atoms with Gasteiger partial charge in [0.15, 0.2) is 15.9 Å². The number of furan rings is 1. The van der Waals surface area contributed by atoms with Crippen LogP contribution < -0.4 is 5.32 Å². The van der Waals surface area contributed by atoms with Crippen molar-refractivity contribution >= 4 is 33.7 Å². The number of benzene rings is 1. The molecule has 8 heteroatoms. The highest BCUT2D eigenvalue weighted by molar-refractivity contribution is 7.16. The van der Waals surface area contributed by atoms with Gasteiger partial charge in [0.1, 0.15) is 11.6 Å². The Kier molecular flexibility index (Phi) is 5.06. The van der Waals surface area contributed by atoms with E-state index >= 15 is 0 Å². The molecule has 4 aromatic rings. The van der Waals surface area contributed by atoms with Crippen molar-refractivity contribution in [2.24, 2.45) is 0 Å². The lowest BCUT2D eigenvalue weighted by molar-refractivity contribution is -0.115. The molecule has 0 saturated carbocycles. The lowest BCUT2D eigenvalue weighted by Crippen LogP contribution is -2.14. The summed E-state index contributed by atoms with van der Waals surface area (Å²) in [4.78, 5) is 22.3. The summed E-state index contributed by atoms with van der Waals surface area (Å²) >= 11 is 2.83. The van der Waals surface area contributed by atoms with Crippen LogP contribution >= 0.6 is 22.7 Å². The smallest absolute Gasteiger partial charge is 0.232 e. The molecule has 4 rings (SSSR count). The normalized spacial score (nSPS) is 11.0. The average molecular weight is 413 g/mol. The van der Waals surface area contributed by atoms with E-state index in [1.165, 1.54) is 34.8 Å².